The molecular formula is C16H19F2N3. The summed E-state index contributed by atoms with van der Waals surface area (Å²) in [5, 5.41) is 3.52. The minimum Gasteiger partial charge on any atom is -0.334 e. The first-order chi connectivity index (χ1) is 9.98. The molecule has 1 aromatic carbocycles. The van der Waals surface area contributed by atoms with Gasteiger partial charge in [0.15, 0.2) is 0 Å². The molecule has 1 N–H and O–H groups in total. The lowest BCUT2D eigenvalue weighted by molar-refractivity contribution is 0.395. The number of benzene rings is 1. The van der Waals surface area contributed by atoms with Crippen molar-refractivity contribution in [3.8, 4) is 0 Å². The molecule has 0 saturated heterocycles. The Hall–Kier alpha value is -1.75. The quantitative estimate of drug-likeness (QED) is 0.917. The van der Waals surface area contributed by atoms with E-state index in [1.165, 1.54) is 12.1 Å². The number of halogens is 2. The van der Waals surface area contributed by atoms with Crippen molar-refractivity contribution in [2.45, 2.75) is 44.8 Å². The number of aryl methyl sites for hydroxylation is 1. The van der Waals surface area contributed by atoms with Crippen molar-refractivity contribution in [3.05, 3.63) is 53.6 Å². The van der Waals surface area contributed by atoms with E-state index < -0.39 is 11.6 Å². The molecule has 1 fully saturated rings. The predicted molar refractivity (Wildman–Crippen MR) is 76.8 cm³/mol. The van der Waals surface area contributed by atoms with Gasteiger partial charge in [0.2, 0.25) is 0 Å². The molecule has 5 heteroatoms. The summed E-state index contributed by atoms with van der Waals surface area (Å²) in [4.78, 5) is 4.20. The number of nitrogens with one attached hydrogen (secondary N) is 1. The molecule has 1 aliphatic rings. The zero-order valence-electron chi connectivity index (χ0n) is 12.2. The minimum atomic E-state index is -0.517. The van der Waals surface area contributed by atoms with Crippen LogP contribution >= 0.6 is 0 Å². The van der Waals surface area contributed by atoms with Crippen LogP contribution in [0.2, 0.25) is 0 Å². The maximum absolute atomic E-state index is 13.4. The molecule has 0 bridgehead atoms. The number of aromatic nitrogens is 2. The van der Waals surface area contributed by atoms with Gasteiger partial charge in [-0.1, -0.05) is 0 Å². The lowest BCUT2D eigenvalue weighted by Gasteiger charge is -2.24. The highest BCUT2D eigenvalue weighted by atomic mass is 19.1. The normalized spacial score (nSPS) is 17.7. The van der Waals surface area contributed by atoms with Gasteiger partial charge in [-0.3, -0.25) is 0 Å². The second-order valence-electron chi connectivity index (χ2n) is 5.91. The molecule has 0 unspecified atom stereocenters. The number of nitrogens with zero attached hydrogens (tertiary/aromatic N) is 2. The van der Waals surface area contributed by atoms with E-state index in [0.29, 0.717) is 5.56 Å². The van der Waals surface area contributed by atoms with Gasteiger partial charge in [0.1, 0.15) is 17.5 Å². The number of hydrogen-bond donors (Lipinski definition) is 1. The van der Waals surface area contributed by atoms with Crippen molar-refractivity contribution in [2.24, 2.45) is 0 Å². The average molecular weight is 291 g/mol. The Labute approximate surface area is 123 Å². The zero-order valence-corrected chi connectivity index (χ0v) is 12.2. The van der Waals surface area contributed by atoms with Crippen molar-refractivity contribution in [2.75, 3.05) is 0 Å². The van der Waals surface area contributed by atoms with Gasteiger partial charge in [-0.25, -0.2) is 13.8 Å². The van der Waals surface area contributed by atoms with Crippen molar-refractivity contribution in [3.63, 3.8) is 0 Å². The smallest absolute Gasteiger partial charge is 0.126 e. The molecule has 1 saturated carbocycles. The third-order valence-corrected chi connectivity index (χ3v) is 4.08. The Morgan fingerprint density at radius 1 is 1.29 bits per heavy atom. The van der Waals surface area contributed by atoms with E-state index in [-0.39, 0.29) is 11.6 Å². The molecule has 21 heavy (non-hydrogen) atoms. The highest BCUT2D eigenvalue weighted by Gasteiger charge is 2.45. The second-order valence-corrected chi connectivity index (χ2v) is 5.91. The maximum Gasteiger partial charge on any atom is 0.126 e. The van der Waals surface area contributed by atoms with Crippen LogP contribution in [0, 0.1) is 18.6 Å². The van der Waals surface area contributed by atoms with E-state index in [2.05, 4.69) is 21.8 Å². The Morgan fingerprint density at radius 3 is 2.48 bits per heavy atom. The highest BCUT2D eigenvalue weighted by molar-refractivity contribution is 5.31. The molecule has 0 aliphatic heterocycles. The first kappa shape index (κ1) is 14.2. The lowest BCUT2D eigenvalue weighted by atomic mass is 10.0. The monoisotopic (exact) mass is 291 g/mol. The Kier molecular flexibility index (Phi) is 3.53. The maximum atomic E-state index is 13.4. The summed E-state index contributed by atoms with van der Waals surface area (Å²) < 4.78 is 28.9. The molecule has 1 heterocycles. The number of imidazole rings is 1. The fourth-order valence-corrected chi connectivity index (χ4v) is 2.88. The third kappa shape index (κ3) is 2.97. The molecule has 0 spiro atoms. The summed E-state index contributed by atoms with van der Waals surface area (Å²) in [6.07, 6.45) is 5.53. The summed E-state index contributed by atoms with van der Waals surface area (Å²) in [6.45, 7) is 4.82. The van der Waals surface area contributed by atoms with Crippen LogP contribution in [0.15, 0.2) is 30.6 Å². The molecule has 1 atom stereocenters. The SMILES string of the molecule is Cc1nccn1C[C@H](C)NC1(c2cc(F)cc(F)c2)CC1. The van der Waals surface area contributed by atoms with Crippen LogP contribution < -0.4 is 5.32 Å². The molecule has 0 amide bonds. The van der Waals surface area contributed by atoms with Crippen LogP contribution in [-0.4, -0.2) is 15.6 Å². The van der Waals surface area contributed by atoms with E-state index in [0.717, 1.165) is 31.3 Å². The Morgan fingerprint density at radius 2 is 1.95 bits per heavy atom. The molecule has 112 valence electrons. The van der Waals surface area contributed by atoms with Crippen LogP contribution in [-0.2, 0) is 12.1 Å². The van der Waals surface area contributed by atoms with Gasteiger partial charge in [-0.2, -0.15) is 0 Å². The Bertz CT molecular complexity index is 626. The molecule has 0 radical (unpaired) electrons. The molecule has 3 nitrogen and oxygen atoms in total. The van der Waals surface area contributed by atoms with E-state index in [4.69, 9.17) is 0 Å². The standard InChI is InChI=1S/C16H19F2N3/c1-11(10-21-6-5-19-12(21)2)20-16(3-4-16)13-7-14(17)9-15(18)8-13/h5-9,11,20H,3-4,10H2,1-2H3/t11-/m0/s1. The molecule has 2 aromatic rings. The van der Waals surface area contributed by atoms with Crippen LogP contribution in [0.3, 0.4) is 0 Å². The first-order valence-corrected chi connectivity index (χ1v) is 7.20. The summed E-state index contributed by atoms with van der Waals surface area (Å²) >= 11 is 0. The minimum absolute atomic E-state index is 0.187. The summed E-state index contributed by atoms with van der Waals surface area (Å²) in [6, 6.07) is 3.96. The van der Waals surface area contributed by atoms with Crippen LogP contribution in [0.25, 0.3) is 0 Å². The van der Waals surface area contributed by atoms with Crippen LogP contribution in [0.4, 0.5) is 8.78 Å². The van der Waals surface area contributed by atoms with Gasteiger partial charge >= 0.3 is 0 Å². The summed E-state index contributed by atoms with van der Waals surface area (Å²) in [5.74, 6) is -0.0716. The van der Waals surface area contributed by atoms with Crippen molar-refractivity contribution in [1.29, 1.82) is 0 Å². The van der Waals surface area contributed by atoms with E-state index >= 15 is 0 Å². The summed E-state index contributed by atoms with van der Waals surface area (Å²) in [5.41, 5.74) is 0.422. The summed E-state index contributed by atoms with van der Waals surface area (Å²) in [7, 11) is 0. The van der Waals surface area contributed by atoms with Gasteiger partial charge in [0, 0.05) is 36.6 Å². The highest BCUT2D eigenvalue weighted by Crippen LogP contribution is 2.46. The fraction of sp³-hybridized carbons (Fsp3) is 0.438. The molecular weight excluding hydrogens is 272 g/mol. The van der Waals surface area contributed by atoms with Gasteiger partial charge < -0.3 is 9.88 Å². The van der Waals surface area contributed by atoms with Crippen LogP contribution in [0.1, 0.15) is 31.2 Å². The second kappa shape index (κ2) is 5.22. The van der Waals surface area contributed by atoms with Crippen molar-refractivity contribution < 1.29 is 8.78 Å². The lowest BCUT2D eigenvalue weighted by Crippen LogP contribution is -2.39. The van der Waals surface area contributed by atoms with E-state index in [9.17, 15) is 8.78 Å². The fourth-order valence-electron chi connectivity index (χ4n) is 2.88. The Balaban J connectivity index is 1.73. The van der Waals surface area contributed by atoms with Crippen LogP contribution in [0.5, 0.6) is 0 Å². The average Bonchev–Trinajstić information content (AvgIpc) is 3.07. The van der Waals surface area contributed by atoms with E-state index in [1.54, 1.807) is 6.20 Å². The third-order valence-electron chi connectivity index (χ3n) is 4.08. The van der Waals surface area contributed by atoms with Crippen molar-refractivity contribution >= 4 is 0 Å². The number of rotatable bonds is 5. The topological polar surface area (TPSA) is 29.9 Å². The molecule has 3 rings (SSSR count). The van der Waals surface area contributed by atoms with Gasteiger partial charge in [0.05, 0.1) is 0 Å². The van der Waals surface area contributed by atoms with Gasteiger partial charge in [-0.15, -0.1) is 0 Å². The molecule has 1 aromatic heterocycles. The number of hydrogen-bond acceptors (Lipinski definition) is 2. The zero-order chi connectivity index (χ0) is 15.0. The largest absolute Gasteiger partial charge is 0.334 e. The predicted octanol–water partition coefficient (Wildman–Crippen LogP) is 3.14. The van der Waals surface area contributed by atoms with Gasteiger partial charge in [0.25, 0.3) is 0 Å². The molecule has 1 aliphatic carbocycles. The van der Waals surface area contributed by atoms with E-state index in [1.807, 2.05) is 13.1 Å². The van der Waals surface area contributed by atoms with Crippen molar-refractivity contribution in [1.82, 2.24) is 14.9 Å². The first-order valence-electron chi connectivity index (χ1n) is 7.20. The van der Waals surface area contributed by atoms with Gasteiger partial charge in [-0.05, 0) is 44.4 Å².